The van der Waals surface area contributed by atoms with Crippen LogP contribution in [0.5, 0.6) is 0 Å². The van der Waals surface area contributed by atoms with Crippen LogP contribution in [-0.2, 0) is 6.54 Å². The highest BCUT2D eigenvalue weighted by atomic mass is 35.5. The summed E-state index contributed by atoms with van der Waals surface area (Å²) in [6.45, 7) is 4.26. The number of H-pyrrole nitrogens is 1. The molecular weight excluding hydrogens is 326 g/mol. The second kappa shape index (κ2) is 5.68. The van der Waals surface area contributed by atoms with E-state index in [4.69, 9.17) is 11.6 Å². The number of aromatic amines is 1. The molecule has 4 aromatic rings. The van der Waals surface area contributed by atoms with Crippen LogP contribution in [0.3, 0.4) is 0 Å². The van der Waals surface area contributed by atoms with E-state index in [1.807, 2.05) is 36.7 Å². The molecule has 0 aliphatic heterocycles. The molecule has 3 aromatic heterocycles. The molecule has 0 unspecified atom stereocenters. The molecule has 120 valence electrons. The molecule has 0 aliphatic carbocycles. The fraction of sp³-hybridized carbons (Fsp3) is 0.188. The maximum absolute atomic E-state index is 6.17. The number of hydrogen-bond donors (Lipinski definition) is 1. The molecule has 24 heavy (non-hydrogen) atoms. The van der Waals surface area contributed by atoms with Crippen molar-refractivity contribution in [1.82, 2.24) is 34.9 Å². The molecule has 0 bridgehead atoms. The number of nitrogens with zero attached hydrogens (tertiary/aromatic N) is 6. The molecule has 0 aliphatic rings. The number of aryl methyl sites for hydroxylation is 2. The van der Waals surface area contributed by atoms with E-state index in [2.05, 4.69) is 30.2 Å². The lowest BCUT2D eigenvalue weighted by Gasteiger charge is -2.03. The Bertz CT molecular complexity index is 1020. The average molecular weight is 340 g/mol. The van der Waals surface area contributed by atoms with Crippen molar-refractivity contribution in [1.29, 1.82) is 0 Å². The van der Waals surface area contributed by atoms with Gasteiger partial charge in [-0.1, -0.05) is 11.6 Å². The molecule has 0 radical (unpaired) electrons. The standard InChI is InChI=1S/C16H14ClN7/c1-9-18-6-11(7-19-9)8-24-14-5-12(17)3-4-13(14)15(23-24)16-20-10(2)21-22-16/h3-7H,8H2,1-2H3,(H,20,21,22). The second-order valence-corrected chi connectivity index (χ2v) is 5.99. The Morgan fingerprint density at radius 3 is 2.67 bits per heavy atom. The van der Waals surface area contributed by atoms with Crippen LogP contribution >= 0.6 is 11.6 Å². The van der Waals surface area contributed by atoms with E-state index in [-0.39, 0.29) is 0 Å². The van der Waals surface area contributed by atoms with Gasteiger partial charge in [-0.15, -0.1) is 0 Å². The topological polar surface area (TPSA) is 85.2 Å². The van der Waals surface area contributed by atoms with Gasteiger partial charge in [0.25, 0.3) is 0 Å². The largest absolute Gasteiger partial charge is 0.263 e. The number of aromatic nitrogens is 7. The number of fused-ring (bicyclic) bond motifs is 1. The van der Waals surface area contributed by atoms with Gasteiger partial charge in [-0.25, -0.2) is 15.0 Å². The molecule has 0 saturated heterocycles. The summed E-state index contributed by atoms with van der Waals surface area (Å²) in [5.74, 6) is 2.05. The molecule has 7 nitrogen and oxygen atoms in total. The van der Waals surface area contributed by atoms with E-state index in [1.54, 1.807) is 12.4 Å². The molecule has 1 N–H and O–H groups in total. The smallest absolute Gasteiger partial charge is 0.202 e. The van der Waals surface area contributed by atoms with Crippen LogP contribution in [0, 0.1) is 13.8 Å². The first-order valence-corrected chi connectivity index (χ1v) is 7.81. The number of hydrogen-bond acceptors (Lipinski definition) is 5. The van der Waals surface area contributed by atoms with E-state index >= 15 is 0 Å². The van der Waals surface area contributed by atoms with Gasteiger partial charge in [-0.3, -0.25) is 9.78 Å². The highest BCUT2D eigenvalue weighted by molar-refractivity contribution is 6.31. The molecule has 3 heterocycles. The molecule has 4 rings (SSSR count). The summed E-state index contributed by atoms with van der Waals surface area (Å²) in [6.07, 6.45) is 3.61. The first kappa shape index (κ1) is 14.8. The molecular formula is C16H14ClN7. The summed E-state index contributed by atoms with van der Waals surface area (Å²) in [4.78, 5) is 12.9. The van der Waals surface area contributed by atoms with E-state index in [0.29, 0.717) is 17.4 Å². The van der Waals surface area contributed by atoms with Crippen molar-refractivity contribution >= 4 is 22.5 Å². The molecule has 0 atom stereocenters. The summed E-state index contributed by atoms with van der Waals surface area (Å²) in [7, 11) is 0. The zero-order valence-corrected chi connectivity index (χ0v) is 13.9. The zero-order valence-electron chi connectivity index (χ0n) is 13.2. The van der Waals surface area contributed by atoms with Gasteiger partial charge in [-0.2, -0.15) is 10.2 Å². The van der Waals surface area contributed by atoms with Gasteiger partial charge in [0.2, 0.25) is 5.82 Å². The first-order valence-electron chi connectivity index (χ1n) is 7.43. The third-order valence-corrected chi connectivity index (χ3v) is 3.92. The van der Waals surface area contributed by atoms with Crippen LogP contribution in [0.2, 0.25) is 5.02 Å². The highest BCUT2D eigenvalue weighted by Crippen LogP contribution is 2.28. The first-order chi connectivity index (χ1) is 11.6. The number of halogens is 1. The Balaban J connectivity index is 1.85. The van der Waals surface area contributed by atoms with Crippen LogP contribution in [0.4, 0.5) is 0 Å². The Kier molecular flexibility index (Phi) is 3.50. The van der Waals surface area contributed by atoms with Crippen LogP contribution in [0.15, 0.2) is 30.6 Å². The monoisotopic (exact) mass is 339 g/mol. The van der Waals surface area contributed by atoms with Crippen molar-refractivity contribution in [3.63, 3.8) is 0 Å². The Hall–Kier alpha value is -2.80. The maximum Gasteiger partial charge on any atom is 0.202 e. The summed E-state index contributed by atoms with van der Waals surface area (Å²) < 4.78 is 1.87. The summed E-state index contributed by atoms with van der Waals surface area (Å²) in [5, 5.41) is 13.4. The fourth-order valence-corrected chi connectivity index (χ4v) is 2.72. The third kappa shape index (κ3) is 2.63. The van der Waals surface area contributed by atoms with Gasteiger partial charge in [0.1, 0.15) is 17.3 Å². The minimum Gasteiger partial charge on any atom is -0.263 e. The van der Waals surface area contributed by atoms with Crippen LogP contribution in [0.1, 0.15) is 17.2 Å². The van der Waals surface area contributed by atoms with Crippen molar-refractivity contribution in [2.45, 2.75) is 20.4 Å². The molecule has 0 spiro atoms. The van der Waals surface area contributed by atoms with Gasteiger partial charge >= 0.3 is 0 Å². The van der Waals surface area contributed by atoms with E-state index in [9.17, 15) is 0 Å². The quantitative estimate of drug-likeness (QED) is 0.620. The van der Waals surface area contributed by atoms with E-state index in [1.165, 1.54) is 0 Å². The predicted molar refractivity (Wildman–Crippen MR) is 90.7 cm³/mol. The minimum atomic E-state index is 0.542. The highest BCUT2D eigenvalue weighted by Gasteiger charge is 2.16. The maximum atomic E-state index is 6.17. The van der Waals surface area contributed by atoms with E-state index in [0.717, 1.165) is 33.8 Å². The average Bonchev–Trinajstić information content (AvgIpc) is 3.14. The van der Waals surface area contributed by atoms with Gasteiger partial charge in [-0.05, 0) is 32.0 Å². The van der Waals surface area contributed by atoms with Gasteiger partial charge < -0.3 is 0 Å². The minimum absolute atomic E-state index is 0.542. The van der Waals surface area contributed by atoms with Gasteiger partial charge in [0.15, 0.2) is 0 Å². The number of nitrogens with one attached hydrogen (secondary N) is 1. The third-order valence-electron chi connectivity index (χ3n) is 3.69. The molecule has 8 heteroatoms. The molecule has 1 aromatic carbocycles. The summed E-state index contributed by atoms with van der Waals surface area (Å²) in [5.41, 5.74) is 2.60. The van der Waals surface area contributed by atoms with Crippen molar-refractivity contribution in [3.8, 4) is 11.5 Å². The molecule has 0 amide bonds. The van der Waals surface area contributed by atoms with Crippen molar-refractivity contribution in [2.75, 3.05) is 0 Å². The number of benzene rings is 1. The zero-order chi connectivity index (χ0) is 16.7. The lowest BCUT2D eigenvalue weighted by Crippen LogP contribution is -2.03. The number of rotatable bonds is 3. The Morgan fingerprint density at radius 1 is 1.17 bits per heavy atom. The van der Waals surface area contributed by atoms with Crippen LogP contribution < -0.4 is 0 Å². The van der Waals surface area contributed by atoms with Gasteiger partial charge in [0.05, 0.1) is 12.1 Å². The lowest BCUT2D eigenvalue weighted by molar-refractivity contribution is 0.706. The van der Waals surface area contributed by atoms with E-state index < -0.39 is 0 Å². The molecule has 0 saturated carbocycles. The predicted octanol–water partition coefficient (Wildman–Crippen LogP) is 2.93. The summed E-state index contributed by atoms with van der Waals surface area (Å²) >= 11 is 6.17. The van der Waals surface area contributed by atoms with Crippen molar-refractivity contribution < 1.29 is 0 Å². The van der Waals surface area contributed by atoms with Crippen LogP contribution in [-0.4, -0.2) is 34.9 Å². The second-order valence-electron chi connectivity index (χ2n) is 5.55. The van der Waals surface area contributed by atoms with Gasteiger partial charge in [0, 0.05) is 28.4 Å². The molecule has 0 fully saturated rings. The normalized spacial score (nSPS) is 11.3. The van der Waals surface area contributed by atoms with Crippen LogP contribution in [0.25, 0.3) is 22.4 Å². The van der Waals surface area contributed by atoms with Crippen molar-refractivity contribution in [3.05, 3.63) is 52.8 Å². The van der Waals surface area contributed by atoms with Crippen molar-refractivity contribution in [2.24, 2.45) is 0 Å². The fourth-order valence-electron chi connectivity index (χ4n) is 2.56. The SMILES string of the molecule is Cc1ncc(Cn2nc(-c3n[nH]c(C)n3)c3ccc(Cl)cc32)cn1. The Labute approximate surface area is 142 Å². The Morgan fingerprint density at radius 2 is 1.96 bits per heavy atom. The lowest BCUT2D eigenvalue weighted by atomic mass is 10.2. The summed E-state index contributed by atoms with van der Waals surface area (Å²) in [6, 6.07) is 5.67.